The second-order valence-corrected chi connectivity index (χ2v) is 8.00. The van der Waals surface area contributed by atoms with Crippen molar-refractivity contribution >= 4 is 16.9 Å². The normalized spacial score (nSPS) is 12.1. The average Bonchev–Trinajstić information content (AvgIpc) is 3.24. The van der Waals surface area contributed by atoms with Crippen LogP contribution in [0.3, 0.4) is 0 Å². The minimum absolute atomic E-state index is 0.199. The number of carbonyl (C=O) groups is 1. The number of halogens is 2. The highest BCUT2D eigenvalue weighted by molar-refractivity contribution is 5.93. The maximum Gasteiger partial charge on any atom is 0.344 e. The zero-order valence-corrected chi connectivity index (χ0v) is 19.2. The van der Waals surface area contributed by atoms with Gasteiger partial charge in [-0.1, -0.05) is 0 Å². The van der Waals surface area contributed by atoms with E-state index in [0.29, 0.717) is 27.8 Å². The molecule has 0 radical (unpaired) electrons. The van der Waals surface area contributed by atoms with Crippen molar-refractivity contribution in [2.24, 2.45) is 7.05 Å². The van der Waals surface area contributed by atoms with Gasteiger partial charge >= 0.3 is 5.97 Å². The zero-order chi connectivity index (χ0) is 24.7. The first-order valence-electron chi connectivity index (χ1n) is 10.4. The van der Waals surface area contributed by atoms with E-state index < -0.39 is 29.3 Å². The van der Waals surface area contributed by atoms with Crippen molar-refractivity contribution < 1.29 is 27.5 Å². The van der Waals surface area contributed by atoms with Gasteiger partial charge in [0.2, 0.25) is 0 Å². The Morgan fingerprint density at radius 3 is 2.59 bits per heavy atom. The summed E-state index contributed by atoms with van der Waals surface area (Å²) in [4.78, 5) is 25.3. The third-order valence-electron chi connectivity index (χ3n) is 5.55. The summed E-state index contributed by atoms with van der Waals surface area (Å²) in [5.74, 6) is -3.48. The number of esters is 1. The van der Waals surface area contributed by atoms with E-state index in [1.807, 2.05) is 6.92 Å². The Morgan fingerprint density at radius 1 is 1.21 bits per heavy atom. The molecule has 2 aromatic carbocycles. The molecule has 7 nitrogen and oxygen atoms in total. The van der Waals surface area contributed by atoms with Gasteiger partial charge in [0.1, 0.15) is 28.8 Å². The van der Waals surface area contributed by atoms with Gasteiger partial charge < -0.3 is 13.9 Å². The Kier molecular flexibility index (Phi) is 5.95. The van der Waals surface area contributed by atoms with Crippen LogP contribution in [0.1, 0.15) is 40.1 Å². The van der Waals surface area contributed by atoms with Crippen molar-refractivity contribution in [3.8, 4) is 17.1 Å². The molecule has 2 heterocycles. The third-order valence-corrected chi connectivity index (χ3v) is 5.55. The number of aryl methyl sites for hydroxylation is 2. The first-order valence-corrected chi connectivity index (χ1v) is 10.4. The second-order valence-electron chi connectivity index (χ2n) is 8.00. The fraction of sp³-hybridized carbons (Fsp3) is 0.240. The largest absolute Gasteiger partial charge is 0.485 e. The molecule has 0 saturated carbocycles. The standard InChI is InChI=1S/C25H22F2N2O5/c1-12-8-16(14(3)33-19-7-6-18(26)21(27)20(19)25(31)32-5)24-17(9-12)22(30)13(2)23(34-24)15-10-28-29(4)11-15/h6-11,14H,1-5H3/t14-/m1/s1. The van der Waals surface area contributed by atoms with Crippen molar-refractivity contribution in [2.45, 2.75) is 26.9 Å². The van der Waals surface area contributed by atoms with E-state index in [-0.39, 0.29) is 16.8 Å². The molecular formula is C25H22F2N2O5. The fourth-order valence-corrected chi connectivity index (χ4v) is 3.86. The van der Waals surface area contributed by atoms with Gasteiger partial charge in [0, 0.05) is 24.4 Å². The molecule has 176 valence electrons. The van der Waals surface area contributed by atoms with Crippen LogP contribution in [0.5, 0.6) is 5.75 Å². The molecule has 0 N–H and O–H groups in total. The van der Waals surface area contributed by atoms with Crippen molar-refractivity contribution in [3.05, 3.63) is 80.8 Å². The molecular weight excluding hydrogens is 446 g/mol. The van der Waals surface area contributed by atoms with Gasteiger partial charge in [0.15, 0.2) is 17.1 Å². The Morgan fingerprint density at radius 2 is 1.94 bits per heavy atom. The minimum atomic E-state index is -1.37. The molecule has 0 amide bonds. The molecule has 4 aromatic rings. The molecule has 0 aliphatic rings. The summed E-state index contributed by atoms with van der Waals surface area (Å²) in [6.07, 6.45) is 2.52. The van der Waals surface area contributed by atoms with Crippen molar-refractivity contribution in [3.63, 3.8) is 0 Å². The molecule has 34 heavy (non-hydrogen) atoms. The number of fused-ring (bicyclic) bond motifs is 1. The van der Waals surface area contributed by atoms with Gasteiger partial charge in [0.25, 0.3) is 0 Å². The van der Waals surface area contributed by atoms with Gasteiger partial charge in [-0.3, -0.25) is 9.48 Å². The molecule has 0 unspecified atom stereocenters. The number of nitrogens with zero attached hydrogens (tertiary/aromatic N) is 2. The van der Waals surface area contributed by atoms with E-state index in [1.54, 1.807) is 50.1 Å². The molecule has 4 rings (SSSR count). The highest BCUT2D eigenvalue weighted by Crippen LogP contribution is 2.34. The third kappa shape index (κ3) is 3.93. The van der Waals surface area contributed by atoms with E-state index in [0.717, 1.165) is 24.8 Å². The maximum absolute atomic E-state index is 14.4. The van der Waals surface area contributed by atoms with Gasteiger partial charge in [-0.15, -0.1) is 0 Å². The molecule has 0 aliphatic carbocycles. The van der Waals surface area contributed by atoms with Crippen LogP contribution >= 0.6 is 0 Å². The Labute approximate surface area is 193 Å². The summed E-state index contributed by atoms with van der Waals surface area (Å²) < 4.78 is 46.4. The van der Waals surface area contributed by atoms with Crippen LogP contribution < -0.4 is 10.2 Å². The molecule has 0 fully saturated rings. The Bertz CT molecular complexity index is 1490. The predicted octanol–water partition coefficient (Wildman–Crippen LogP) is 5.02. The zero-order valence-electron chi connectivity index (χ0n) is 19.2. The highest BCUT2D eigenvalue weighted by atomic mass is 19.2. The van der Waals surface area contributed by atoms with Crippen molar-refractivity contribution in [1.29, 1.82) is 0 Å². The van der Waals surface area contributed by atoms with E-state index in [9.17, 15) is 18.4 Å². The molecule has 2 aromatic heterocycles. The van der Waals surface area contributed by atoms with Crippen LogP contribution in [0.2, 0.25) is 0 Å². The van der Waals surface area contributed by atoms with Crippen LogP contribution in [0.25, 0.3) is 22.3 Å². The summed E-state index contributed by atoms with van der Waals surface area (Å²) in [6, 6.07) is 5.51. The van der Waals surface area contributed by atoms with Crippen LogP contribution in [-0.2, 0) is 11.8 Å². The number of benzene rings is 2. The highest BCUT2D eigenvalue weighted by Gasteiger charge is 2.26. The summed E-state index contributed by atoms with van der Waals surface area (Å²) in [6.45, 7) is 5.15. The van der Waals surface area contributed by atoms with Gasteiger partial charge in [-0.25, -0.2) is 13.6 Å². The number of aromatic nitrogens is 2. The molecule has 0 bridgehead atoms. The number of rotatable bonds is 5. The van der Waals surface area contributed by atoms with Crippen molar-refractivity contribution in [1.82, 2.24) is 9.78 Å². The van der Waals surface area contributed by atoms with Crippen LogP contribution in [0.15, 0.2) is 45.9 Å². The lowest BCUT2D eigenvalue weighted by Crippen LogP contribution is -2.14. The SMILES string of the molecule is COC(=O)c1c(O[C@H](C)c2cc(C)cc3c(=O)c(C)c(-c4cnn(C)c4)oc23)ccc(F)c1F. The van der Waals surface area contributed by atoms with E-state index in [4.69, 9.17) is 9.15 Å². The monoisotopic (exact) mass is 468 g/mol. The number of carbonyl (C=O) groups excluding carboxylic acids is 1. The lowest BCUT2D eigenvalue weighted by Gasteiger charge is -2.19. The molecule has 9 heteroatoms. The number of ether oxygens (including phenoxy) is 2. The summed E-state index contributed by atoms with van der Waals surface area (Å²) in [5.41, 5.74) is 1.76. The van der Waals surface area contributed by atoms with Gasteiger partial charge in [0.05, 0.1) is 24.3 Å². The average molecular weight is 468 g/mol. The minimum Gasteiger partial charge on any atom is -0.485 e. The molecule has 1 atom stereocenters. The van der Waals surface area contributed by atoms with Gasteiger partial charge in [-0.05, 0) is 50.6 Å². The summed E-state index contributed by atoms with van der Waals surface area (Å²) in [7, 11) is 2.81. The predicted molar refractivity (Wildman–Crippen MR) is 121 cm³/mol. The van der Waals surface area contributed by atoms with E-state index >= 15 is 0 Å². The molecule has 0 saturated heterocycles. The van der Waals surface area contributed by atoms with E-state index in [2.05, 4.69) is 9.84 Å². The first-order chi connectivity index (χ1) is 16.1. The van der Waals surface area contributed by atoms with Crippen LogP contribution in [0, 0.1) is 25.5 Å². The van der Waals surface area contributed by atoms with Crippen molar-refractivity contribution in [2.75, 3.05) is 7.11 Å². The lowest BCUT2D eigenvalue weighted by atomic mass is 10.0. The smallest absolute Gasteiger partial charge is 0.344 e. The number of hydrogen-bond donors (Lipinski definition) is 0. The summed E-state index contributed by atoms with van der Waals surface area (Å²) in [5, 5.41) is 4.50. The molecule has 0 spiro atoms. The van der Waals surface area contributed by atoms with Crippen LogP contribution in [-0.4, -0.2) is 22.9 Å². The summed E-state index contributed by atoms with van der Waals surface area (Å²) >= 11 is 0. The van der Waals surface area contributed by atoms with E-state index in [1.165, 1.54) is 0 Å². The number of hydrogen-bond acceptors (Lipinski definition) is 6. The fourth-order valence-electron chi connectivity index (χ4n) is 3.86. The first kappa shape index (κ1) is 23.2. The lowest BCUT2D eigenvalue weighted by molar-refractivity contribution is 0.0586. The van der Waals surface area contributed by atoms with Gasteiger partial charge in [-0.2, -0.15) is 5.10 Å². The maximum atomic E-state index is 14.4. The topological polar surface area (TPSA) is 83.6 Å². The Balaban J connectivity index is 1.88. The Hall–Kier alpha value is -4.01. The quantitative estimate of drug-likeness (QED) is 0.383. The molecule has 0 aliphatic heterocycles. The number of methoxy groups -OCH3 is 1. The second kappa shape index (κ2) is 8.74. The van der Waals surface area contributed by atoms with Crippen LogP contribution in [0.4, 0.5) is 8.78 Å².